The number of H-pyrrole nitrogens is 1. The van der Waals surface area contributed by atoms with Gasteiger partial charge in [0.1, 0.15) is 11.8 Å². The van der Waals surface area contributed by atoms with Crippen molar-refractivity contribution in [3.05, 3.63) is 60.0 Å². The topological polar surface area (TPSA) is 70.7 Å². The van der Waals surface area contributed by atoms with Crippen LogP contribution in [0.25, 0.3) is 21.9 Å². The largest absolute Gasteiger partial charge is 0.358 e. The number of imidazole rings is 1. The summed E-state index contributed by atoms with van der Waals surface area (Å²) in [4.78, 5) is 23.5. The molecule has 0 aliphatic heterocycles. The number of nitrogens with one attached hydrogen (secondary N) is 2. The fourth-order valence-electron chi connectivity index (χ4n) is 2.92. The van der Waals surface area contributed by atoms with Gasteiger partial charge in [0.25, 0.3) is 0 Å². The monoisotopic (exact) mass is 316 g/mol. The summed E-state index contributed by atoms with van der Waals surface area (Å²) in [5.74, 6) is 0.0610. The number of hydrogen-bond acceptors (Lipinski definition) is 4. The Labute approximate surface area is 138 Å². The second kappa shape index (κ2) is 5.45. The molecule has 4 rings (SSSR count). The minimum atomic E-state index is 0.0610. The van der Waals surface area contributed by atoms with E-state index in [2.05, 4.69) is 26.3 Å². The molecule has 0 saturated heterocycles. The molecule has 5 nitrogen and oxygen atoms in total. The standard InChI is InChI=1S/C19H16N4O/c1-11-9-17(23-14-5-3-13(4-6-14)12(2)24)18-15(22-11)7-8-16-19(18)21-10-20-16/h3-10,22-23H,1-2H3. The molecule has 0 saturated carbocycles. The zero-order valence-corrected chi connectivity index (χ0v) is 13.4. The number of aryl methyl sites for hydroxylation is 1. The van der Waals surface area contributed by atoms with E-state index in [1.165, 1.54) is 0 Å². The van der Waals surface area contributed by atoms with Crippen molar-refractivity contribution in [3.8, 4) is 0 Å². The third-order valence-electron chi connectivity index (χ3n) is 4.07. The van der Waals surface area contributed by atoms with Gasteiger partial charge < -0.3 is 10.3 Å². The van der Waals surface area contributed by atoms with E-state index in [-0.39, 0.29) is 5.78 Å². The van der Waals surface area contributed by atoms with Gasteiger partial charge in [0, 0.05) is 27.8 Å². The van der Waals surface area contributed by atoms with Crippen molar-refractivity contribution in [1.29, 1.82) is 0 Å². The van der Waals surface area contributed by atoms with Crippen LogP contribution in [-0.2, 0) is 0 Å². The number of nitrogens with zero attached hydrogens (tertiary/aromatic N) is 2. The lowest BCUT2D eigenvalue weighted by Gasteiger charge is -2.12. The van der Waals surface area contributed by atoms with Crippen LogP contribution in [0.5, 0.6) is 0 Å². The summed E-state index contributed by atoms with van der Waals surface area (Å²) >= 11 is 0. The van der Waals surface area contributed by atoms with Gasteiger partial charge in [-0.15, -0.1) is 0 Å². The smallest absolute Gasteiger partial charge is 0.159 e. The number of aromatic amines is 1. The number of Topliss-reactive ketones (excluding diaryl/α,β-unsaturated/α-hetero) is 1. The lowest BCUT2D eigenvalue weighted by atomic mass is 10.1. The number of anilines is 2. The molecule has 4 aromatic rings. The van der Waals surface area contributed by atoms with Crippen LogP contribution in [0.15, 0.2) is 48.8 Å². The number of benzene rings is 2. The SMILES string of the molecule is CC(=O)c1ccc(Nc2cc(C)[nH]c3ccc4ncnc4c23)cc1. The summed E-state index contributed by atoms with van der Waals surface area (Å²) in [5, 5.41) is 4.44. The van der Waals surface area contributed by atoms with Gasteiger partial charge in [-0.3, -0.25) is 4.79 Å². The highest BCUT2D eigenvalue weighted by molar-refractivity contribution is 6.10. The van der Waals surface area contributed by atoms with Crippen LogP contribution in [0, 0.1) is 6.92 Å². The van der Waals surface area contributed by atoms with Gasteiger partial charge in [-0.1, -0.05) is 0 Å². The van der Waals surface area contributed by atoms with Crippen molar-refractivity contribution in [2.45, 2.75) is 13.8 Å². The maximum atomic E-state index is 11.4. The van der Waals surface area contributed by atoms with Crippen LogP contribution >= 0.6 is 0 Å². The maximum absolute atomic E-state index is 11.4. The molecular formula is C19H16N4O. The molecule has 0 aliphatic rings. The lowest BCUT2D eigenvalue weighted by Crippen LogP contribution is -1.97. The van der Waals surface area contributed by atoms with Gasteiger partial charge in [0.15, 0.2) is 5.78 Å². The highest BCUT2D eigenvalue weighted by atomic mass is 16.1. The molecule has 2 heterocycles. The first-order valence-electron chi connectivity index (χ1n) is 7.73. The molecule has 0 fully saturated rings. The molecular weight excluding hydrogens is 300 g/mol. The fourth-order valence-corrected chi connectivity index (χ4v) is 2.92. The van der Waals surface area contributed by atoms with Gasteiger partial charge in [-0.2, -0.15) is 0 Å². The van der Waals surface area contributed by atoms with Crippen molar-refractivity contribution in [2.24, 2.45) is 0 Å². The van der Waals surface area contributed by atoms with Crippen LogP contribution in [0.1, 0.15) is 23.0 Å². The Morgan fingerprint density at radius 2 is 1.88 bits per heavy atom. The lowest BCUT2D eigenvalue weighted by molar-refractivity contribution is 0.101. The summed E-state index contributed by atoms with van der Waals surface area (Å²) < 4.78 is 0. The zero-order valence-electron chi connectivity index (χ0n) is 13.4. The molecule has 118 valence electrons. The maximum Gasteiger partial charge on any atom is 0.159 e. The normalized spacial score (nSPS) is 11.1. The first-order valence-corrected chi connectivity index (χ1v) is 7.73. The Morgan fingerprint density at radius 3 is 2.62 bits per heavy atom. The summed E-state index contributed by atoms with van der Waals surface area (Å²) in [5.41, 5.74) is 6.37. The van der Waals surface area contributed by atoms with Crippen LogP contribution < -0.4 is 5.32 Å². The summed E-state index contributed by atoms with van der Waals surface area (Å²) in [6.07, 6.45) is 1.58. The number of fused-ring (bicyclic) bond motifs is 3. The van der Waals surface area contributed by atoms with Gasteiger partial charge >= 0.3 is 0 Å². The number of hydrogen-bond donors (Lipinski definition) is 2. The van der Waals surface area contributed by atoms with Gasteiger partial charge in [0.05, 0.1) is 11.2 Å². The van der Waals surface area contributed by atoms with E-state index in [4.69, 9.17) is 0 Å². The minimum Gasteiger partial charge on any atom is -0.358 e. The van der Waals surface area contributed by atoms with Crippen LogP contribution in [0.2, 0.25) is 0 Å². The number of carbonyl (C=O) groups excluding carboxylic acids is 1. The highest BCUT2D eigenvalue weighted by Crippen LogP contribution is 2.31. The molecule has 24 heavy (non-hydrogen) atoms. The molecule has 5 heteroatoms. The van der Waals surface area contributed by atoms with E-state index in [9.17, 15) is 4.79 Å². The highest BCUT2D eigenvalue weighted by Gasteiger charge is 2.10. The molecule has 0 aliphatic carbocycles. The van der Waals surface area contributed by atoms with Crippen LogP contribution in [0.4, 0.5) is 11.4 Å². The molecule has 0 unspecified atom stereocenters. The van der Waals surface area contributed by atoms with Gasteiger partial charge in [-0.05, 0) is 56.3 Å². The molecule has 0 bridgehead atoms. The van der Waals surface area contributed by atoms with Gasteiger partial charge in [-0.25, -0.2) is 9.97 Å². The first kappa shape index (κ1) is 14.4. The van der Waals surface area contributed by atoms with Crippen LogP contribution in [-0.4, -0.2) is 20.7 Å². The van der Waals surface area contributed by atoms with Crippen molar-refractivity contribution in [1.82, 2.24) is 15.0 Å². The summed E-state index contributed by atoms with van der Waals surface area (Å²) in [7, 11) is 0. The molecule has 2 aromatic heterocycles. The van der Waals surface area contributed by atoms with E-state index in [1.807, 2.05) is 43.3 Å². The Bertz CT molecular complexity index is 1060. The van der Waals surface area contributed by atoms with E-state index in [0.717, 1.165) is 39.0 Å². The second-order valence-electron chi connectivity index (χ2n) is 5.85. The van der Waals surface area contributed by atoms with E-state index < -0.39 is 0 Å². The van der Waals surface area contributed by atoms with E-state index in [0.29, 0.717) is 5.56 Å². The molecule has 0 spiro atoms. The quantitative estimate of drug-likeness (QED) is 0.551. The fraction of sp³-hybridized carbons (Fsp3) is 0.105. The molecule has 0 atom stereocenters. The average Bonchev–Trinajstić information content (AvgIpc) is 3.03. The van der Waals surface area contributed by atoms with E-state index >= 15 is 0 Å². The number of ketones is 1. The third kappa shape index (κ3) is 2.40. The molecule has 2 N–H and O–H groups in total. The Balaban J connectivity index is 1.86. The van der Waals surface area contributed by atoms with Crippen molar-refractivity contribution >= 4 is 39.1 Å². The Morgan fingerprint density at radius 1 is 1.08 bits per heavy atom. The molecule has 2 aromatic carbocycles. The third-order valence-corrected chi connectivity index (χ3v) is 4.07. The van der Waals surface area contributed by atoms with Crippen molar-refractivity contribution in [2.75, 3.05) is 5.32 Å². The minimum absolute atomic E-state index is 0.0610. The summed E-state index contributed by atoms with van der Waals surface area (Å²) in [6.45, 7) is 3.58. The first-order chi connectivity index (χ1) is 11.6. The van der Waals surface area contributed by atoms with E-state index in [1.54, 1.807) is 13.3 Å². The van der Waals surface area contributed by atoms with Crippen LogP contribution in [0.3, 0.4) is 0 Å². The average molecular weight is 316 g/mol. The van der Waals surface area contributed by atoms with Crippen molar-refractivity contribution < 1.29 is 4.79 Å². The Kier molecular flexibility index (Phi) is 3.27. The molecule has 0 radical (unpaired) electrons. The zero-order chi connectivity index (χ0) is 16.7. The Hall–Kier alpha value is -3.21. The second-order valence-corrected chi connectivity index (χ2v) is 5.85. The van der Waals surface area contributed by atoms with Gasteiger partial charge in [0.2, 0.25) is 0 Å². The predicted molar refractivity (Wildman–Crippen MR) is 95.9 cm³/mol. The number of rotatable bonds is 3. The molecule has 0 amide bonds. The van der Waals surface area contributed by atoms with Crippen molar-refractivity contribution in [3.63, 3.8) is 0 Å². The number of carbonyl (C=O) groups is 1. The number of pyridine rings is 1. The predicted octanol–water partition coefficient (Wildman–Crippen LogP) is 4.37. The summed E-state index contributed by atoms with van der Waals surface area (Å²) in [6, 6.07) is 13.5. The number of aromatic nitrogens is 3.